The van der Waals surface area contributed by atoms with E-state index in [0.717, 1.165) is 0 Å². The van der Waals surface area contributed by atoms with Crippen molar-refractivity contribution in [2.45, 2.75) is 51.4 Å². The van der Waals surface area contributed by atoms with Gasteiger partial charge in [-0.1, -0.05) is 13.8 Å². The summed E-state index contributed by atoms with van der Waals surface area (Å²) in [5.41, 5.74) is -0.572. The average molecular weight is 289 g/mol. The van der Waals surface area contributed by atoms with Crippen molar-refractivity contribution in [3.05, 3.63) is 0 Å². The van der Waals surface area contributed by atoms with Crippen LogP contribution >= 0.6 is 0 Å². The lowest BCUT2D eigenvalue weighted by Crippen LogP contribution is -2.61. The van der Waals surface area contributed by atoms with Crippen LogP contribution < -0.4 is 4.72 Å². The molecule has 4 nitrogen and oxygen atoms in total. The van der Waals surface area contributed by atoms with E-state index < -0.39 is 52.4 Å². The van der Waals surface area contributed by atoms with Gasteiger partial charge in [-0.15, -0.1) is 0 Å². The van der Waals surface area contributed by atoms with Crippen LogP contribution in [0.4, 0.5) is 13.2 Å². The second kappa shape index (κ2) is 4.97. The Hall–Kier alpha value is -0.340. The van der Waals surface area contributed by atoms with Crippen molar-refractivity contribution in [1.82, 2.24) is 4.72 Å². The van der Waals surface area contributed by atoms with Gasteiger partial charge in [0, 0.05) is 17.9 Å². The van der Waals surface area contributed by atoms with Gasteiger partial charge in [-0.05, 0) is 12.8 Å². The zero-order valence-electron chi connectivity index (χ0n) is 10.3. The molecule has 0 aromatic rings. The van der Waals surface area contributed by atoms with E-state index >= 15 is 0 Å². The Balaban J connectivity index is 2.42. The number of nitrogens with one attached hydrogen (secondary N) is 1. The highest BCUT2D eigenvalue weighted by Gasteiger charge is 2.48. The smallest absolute Gasteiger partial charge is 0.389 e. The third kappa shape index (κ3) is 4.10. The summed E-state index contributed by atoms with van der Waals surface area (Å²) in [5, 5.41) is 9.44. The Bertz CT molecular complexity index is 392. The second-order valence-corrected chi connectivity index (χ2v) is 7.15. The van der Waals surface area contributed by atoms with Crippen LogP contribution in [0.2, 0.25) is 0 Å². The zero-order valence-corrected chi connectivity index (χ0v) is 11.1. The molecule has 0 heterocycles. The molecule has 0 aromatic carbocycles. The molecule has 0 saturated heterocycles. The Kier molecular flexibility index (Phi) is 4.34. The van der Waals surface area contributed by atoms with Gasteiger partial charge < -0.3 is 5.11 Å². The SMILES string of the molecule is CC1(C)C(O)CC1NS(=O)(=O)CCCC(F)(F)F. The standard InChI is InChI=1S/C10H18F3NO3S/c1-9(2)7(6-8(9)15)14-18(16,17)5-3-4-10(11,12)13/h7-8,14-15H,3-6H2,1-2H3. The van der Waals surface area contributed by atoms with Gasteiger partial charge in [0.1, 0.15) is 0 Å². The summed E-state index contributed by atoms with van der Waals surface area (Å²) < 4.78 is 61.1. The Labute approximate surface area is 105 Å². The lowest BCUT2D eigenvalue weighted by atomic mass is 9.65. The molecule has 0 aromatic heterocycles. The first-order chi connectivity index (χ1) is 7.94. The second-order valence-electron chi connectivity index (χ2n) is 5.28. The van der Waals surface area contributed by atoms with Gasteiger partial charge >= 0.3 is 6.18 Å². The molecule has 1 aliphatic carbocycles. The maximum atomic E-state index is 11.9. The maximum Gasteiger partial charge on any atom is 0.389 e. The number of hydrogen-bond acceptors (Lipinski definition) is 3. The minimum Gasteiger partial charge on any atom is -0.392 e. The third-order valence-electron chi connectivity index (χ3n) is 3.41. The first kappa shape index (κ1) is 15.7. The molecule has 0 amide bonds. The Morgan fingerprint density at radius 1 is 1.39 bits per heavy atom. The minimum atomic E-state index is -4.33. The quantitative estimate of drug-likeness (QED) is 0.804. The summed E-state index contributed by atoms with van der Waals surface area (Å²) in [5.74, 6) is -0.546. The maximum absolute atomic E-state index is 11.9. The summed E-state index contributed by atoms with van der Waals surface area (Å²) in [6.07, 6.45) is -6.17. The predicted octanol–water partition coefficient (Wildman–Crippen LogP) is 1.41. The van der Waals surface area contributed by atoms with E-state index in [1.54, 1.807) is 13.8 Å². The third-order valence-corrected chi connectivity index (χ3v) is 4.88. The molecule has 8 heteroatoms. The van der Waals surface area contributed by atoms with Crippen molar-refractivity contribution in [2.75, 3.05) is 5.75 Å². The number of alkyl halides is 3. The van der Waals surface area contributed by atoms with Crippen molar-refractivity contribution >= 4 is 10.0 Å². The first-order valence-electron chi connectivity index (χ1n) is 5.69. The van der Waals surface area contributed by atoms with Crippen LogP contribution in [0, 0.1) is 5.41 Å². The van der Waals surface area contributed by atoms with Gasteiger partial charge in [-0.3, -0.25) is 0 Å². The summed E-state index contributed by atoms with van der Waals surface area (Å²) in [6, 6.07) is -0.414. The largest absolute Gasteiger partial charge is 0.392 e. The molecule has 1 rings (SSSR count). The van der Waals surface area contributed by atoms with E-state index in [1.807, 2.05) is 0 Å². The molecular formula is C10H18F3NO3S. The molecule has 18 heavy (non-hydrogen) atoms. The minimum absolute atomic E-state index is 0.297. The van der Waals surface area contributed by atoms with Crippen LogP contribution in [0.25, 0.3) is 0 Å². The van der Waals surface area contributed by atoms with Gasteiger partial charge in [-0.2, -0.15) is 13.2 Å². The van der Waals surface area contributed by atoms with E-state index in [4.69, 9.17) is 0 Å². The van der Waals surface area contributed by atoms with Gasteiger partial charge in [0.2, 0.25) is 10.0 Å². The number of hydrogen-bond donors (Lipinski definition) is 2. The van der Waals surface area contributed by atoms with Crippen LogP contribution in [0.3, 0.4) is 0 Å². The molecule has 1 saturated carbocycles. The fourth-order valence-corrected chi connectivity index (χ4v) is 3.32. The summed E-state index contributed by atoms with van der Waals surface area (Å²) in [7, 11) is -3.72. The van der Waals surface area contributed by atoms with Crippen molar-refractivity contribution in [3.8, 4) is 0 Å². The van der Waals surface area contributed by atoms with Crippen LogP contribution in [0.1, 0.15) is 33.1 Å². The highest BCUT2D eigenvalue weighted by atomic mass is 32.2. The van der Waals surface area contributed by atoms with E-state index in [2.05, 4.69) is 4.72 Å². The number of sulfonamides is 1. The van der Waals surface area contributed by atoms with E-state index in [-0.39, 0.29) is 0 Å². The van der Waals surface area contributed by atoms with Crippen LogP contribution in [-0.4, -0.2) is 37.6 Å². The number of aliphatic hydroxyl groups is 1. The van der Waals surface area contributed by atoms with Crippen molar-refractivity contribution in [2.24, 2.45) is 5.41 Å². The molecule has 0 aliphatic heterocycles. The molecule has 0 radical (unpaired) electrons. The highest BCUT2D eigenvalue weighted by Crippen LogP contribution is 2.40. The van der Waals surface area contributed by atoms with Crippen molar-refractivity contribution in [3.63, 3.8) is 0 Å². The Morgan fingerprint density at radius 3 is 2.33 bits per heavy atom. The summed E-state index contributed by atoms with van der Waals surface area (Å²) in [4.78, 5) is 0. The molecule has 2 unspecified atom stereocenters. The zero-order chi connectivity index (χ0) is 14.2. The fraction of sp³-hybridized carbons (Fsp3) is 1.00. The topological polar surface area (TPSA) is 66.4 Å². The number of rotatable bonds is 5. The van der Waals surface area contributed by atoms with Gasteiger partial charge in [0.25, 0.3) is 0 Å². The molecule has 1 fully saturated rings. The lowest BCUT2D eigenvalue weighted by Gasteiger charge is -2.49. The molecule has 1 aliphatic rings. The summed E-state index contributed by atoms with van der Waals surface area (Å²) >= 11 is 0. The van der Waals surface area contributed by atoms with Crippen molar-refractivity contribution in [1.29, 1.82) is 0 Å². The van der Waals surface area contributed by atoms with E-state index in [0.29, 0.717) is 6.42 Å². The number of aliphatic hydroxyl groups excluding tert-OH is 1. The average Bonchev–Trinajstić information content (AvgIpc) is 2.14. The van der Waals surface area contributed by atoms with Gasteiger partial charge in [0.15, 0.2) is 0 Å². The van der Waals surface area contributed by atoms with Crippen LogP contribution in [-0.2, 0) is 10.0 Å². The van der Waals surface area contributed by atoms with E-state index in [9.17, 15) is 26.7 Å². The molecule has 2 atom stereocenters. The molecule has 0 spiro atoms. The van der Waals surface area contributed by atoms with Gasteiger partial charge in [-0.25, -0.2) is 13.1 Å². The molecule has 0 bridgehead atoms. The number of halogens is 3. The normalized spacial score (nSPS) is 27.9. The highest BCUT2D eigenvalue weighted by molar-refractivity contribution is 7.89. The predicted molar refractivity (Wildman–Crippen MR) is 60.4 cm³/mol. The van der Waals surface area contributed by atoms with Crippen LogP contribution in [0.5, 0.6) is 0 Å². The molecular weight excluding hydrogens is 271 g/mol. The fourth-order valence-electron chi connectivity index (χ4n) is 1.84. The Morgan fingerprint density at radius 2 is 1.94 bits per heavy atom. The summed E-state index contributed by atoms with van der Waals surface area (Å²) in [6.45, 7) is 3.42. The van der Waals surface area contributed by atoms with Crippen molar-refractivity contribution < 1.29 is 26.7 Å². The first-order valence-corrected chi connectivity index (χ1v) is 7.34. The monoisotopic (exact) mass is 289 g/mol. The van der Waals surface area contributed by atoms with Gasteiger partial charge in [0.05, 0.1) is 11.9 Å². The molecule has 2 N–H and O–H groups in total. The van der Waals surface area contributed by atoms with E-state index in [1.165, 1.54) is 0 Å². The van der Waals surface area contributed by atoms with Crippen LogP contribution in [0.15, 0.2) is 0 Å². The molecule has 108 valence electrons. The lowest BCUT2D eigenvalue weighted by molar-refractivity contribution is -0.134.